The number of anilines is 1. The van der Waals surface area contributed by atoms with Crippen molar-refractivity contribution in [3.05, 3.63) is 46.5 Å². The molecule has 1 aromatic carbocycles. The molecular formula is C30H41N5O6S. The molecule has 228 valence electrons. The van der Waals surface area contributed by atoms with Gasteiger partial charge >= 0.3 is 12.1 Å². The summed E-state index contributed by atoms with van der Waals surface area (Å²) in [4.78, 5) is 57.4. The molecule has 0 bridgehead atoms. The molecule has 2 aliphatic rings. The van der Waals surface area contributed by atoms with Crippen molar-refractivity contribution >= 4 is 40.3 Å². The monoisotopic (exact) mass is 599 g/mol. The lowest BCUT2D eigenvalue weighted by atomic mass is 10.0. The third-order valence-electron chi connectivity index (χ3n) is 6.66. The highest BCUT2D eigenvalue weighted by Gasteiger charge is 2.35. The predicted octanol–water partition coefficient (Wildman–Crippen LogP) is 4.58. The summed E-state index contributed by atoms with van der Waals surface area (Å²) in [5, 5.41) is 5.10. The Morgan fingerprint density at radius 1 is 1.10 bits per heavy atom. The van der Waals surface area contributed by atoms with Crippen molar-refractivity contribution in [1.82, 2.24) is 21.2 Å². The zero-order chi connectivity index (χ0) is 30.4. The number of hydrazine groups is 1. The highest BCUT2D eigenvalue weighted by molar-refractivity contribution is 7.14. The summed E-state index contributed by atoms with van der Waals surface area (Å²) in [6, 6.07) is 6.17. The van der Waals surface area contributed by atoms with E-state index in [9.17, 15) is 19.2 Å². The van der Waals surface area contributed by atoms with Crippen molar-refractivity contribution in [1.29, 1.82) is 0 Å². The molecule has 2 fully saturated rings. The van der Waals surface area contributed by atoms with E-state index in [4.69, 9.17) is 9.47 Å². The van der Waals surface area contributed by atoms with Gasteiger partial charge in [0, 0.05) is 18.0 Å². The van der Waals surface area contributed by atoms with Gasteiger partial charge in [-0.3, -0.25) is 20.4 Å². The second-order valence-corrected chi connectivity index (χ2v) is 13.2. The molecule has 4 rings (SSSR count). The number of hydrogen-bond donors (Lipinski definition) is 3. The third-order valence-corrected chi connectivity index (χ3v) is 7.53. The van der Waals surface area contributed by atoms with Gasteiger partial charge in [-0.1, -0.05) is 26.0 Å². The Morgan fingerprint density at radius 2 is 1.83 bits per heavy atom. The van der Waals surface area contributed by atoms with E-state index in [0.717, 1.165) is 24.5 Å². The number of nitrogens with zero attached hydrogens (tertiary/aromatic N) is 2. The first-order valence-electron chi connectivity index (χ1n) is 14.5. The zero-order valence-electron chi connectivity index (χ0n) is 24.9. The van der Waals surface area contributed by atoms with E-state index in [2.05, 4.69) is 26.1 Å². The highest BCUT2D eigenvalue weighted by atomic mass is 32.1. The zero-order valence-corrected chi connectivity index (χ0v) is 25.7. The van der Waals surface area contributed by atoms with Crippen LogP contribution < -0.4 is 21.1 Å². The quantitative estimate of drug-likeness (QED) is 0.238. The van der Waals surface area contributed by atoms with Gasteiger partial charge in [0.15, 0.2) is 5.13 Å². The fraction of sp³-hybridized carbons (Fsp3) is 0.567. The molecule has 0 saturated heterocycles. The van der Waals surface area contributed by atoms with E-state index in [1.54, 1.807) is 50.4 Å². The summed E-state index contributed by atoms with van der Waals surface area (Å²) in [6.07, 6.45) is 4.31. The van der Waals surface area contributed by atoms with Crippen LogP contribution in [0.1, 0.15) is 93.1 Å². The van der Waals surface area contributed by atoms with Gasteiger partial charge in [-0.15, -0.1) is 11.3 Å². The van der Waals surface area contributed by atoms with Crippen LogP contribution in [-0.4, -0.2) is 53.1 Å². The number of thiazole rings is 1. The molecule has 0 aliphatic heterocycles. The van der Waals surface area contributed by atoms with Gasteiger partial charge in [0.25, 0.3) is 11.8 Å². The smallest absolute Gasteiger partial charge is 0.408 e. The van der Waals surface area contributed by atoms with Crippen LogP contribution in [-0.2, 0) is 20.9 Å². The molecule has 2 aromatic rings. The SMILES string of the molecule is CC(C)C[C@H](NC(=O)OCc1cccc(C(=O)OC(C)(C)C)c1)C(=O)NNC(=O)c1csc(N(CC2CC2)C2CC2)n1. The Bertz CT molecular complexity index is 1280. The normalized spacial score (nSPS) is 15.5. The maximum Gasteiger partial charge on any atom is 0.408 e. The lowest BCUT2D eigenvalue weighted by Crippen LogP contribution is -2.52. The van der Waals surface area contributed by atoms with Crippen molar-refractivity contribution in [2.45, 2.75) is 91.0 Å². The van der Waals surface area contributed by atoms with Gasteiger partial charge in [0.05, 0.1) is 5.56 Å². The molecule has 11 nitrogen and oxygen atoms in total. The first kappa shape index (κ1) is 31.3. The number of nitrogens with one attached hydrogen (secondary N) is 3. The average molecular weight is 600 g/mol. The number of rotatable bonds is 12. The van der Waals surface area contributed by atoms with Crippen LogP contribution in [0.4, 0.5) is 9.93 Å². The van der Waals surface area contributed by atoms with Crippen molar-refractivity contribution < 1.29 is 28.7 Å². The largest absolute Gasteiger partial charge is 0.456 e. The van der Waals surface area contributed by atoms with Gasteiger partial charge in [-0.05, 0) is 82.4 Å². The van der Waals surface area contributed by atoms with E-state index in [-0.39, 0.29) is 18.2 Å². The van der Waals surface area contributed by atoms with E-state index < -0.39 is 35.5 Å². The number of esters is 1. The summed E-state index contributed by atoms with van der Waals surface area (Å²) in [6.45, 7) is 10.0. The lowest BCUT2D eigenvalue weighted by molar-refractivity contribution is -0.124. The molecule has 2 aliphatic carbocycles. The minimum Gasteiger partial charge on any atom is -0.456 e. The summed E-state index contributed by atoms with van der Waals surface area (Å²) in [5.74, 6) is -0.792. The van der Waals surface area contributed by atoms with Crippen LogP contribution in [0, 0.1) is 11.8 Å². The topological polar surface area (TPSA) is 139 Å². The Balaban J connectivity index is 1.27. The van der Waals surface area contributed by atoms with Crippen molar-refractivity contribution in [3.8, 4) is 0 Å². The highest BCUT2D eigenvalue weighted by Crippen LogP contribution is 2.38. The van der Waals surface area contributed by atoms with Crippen LogP contribution >= 0.6 is 11.3 Å². The number of benzene rings is 1. The summed E-state index contributed by atoms with van der Waals surface area (Å²) in [7, 11) is 0. The van der Waals surface area contributed by atoms with Crippen LogP contribution in [0.2, 0.25) is 0 Å². The molecule has 3 amide bonds. The minimum absolute atomic E-state index is 0.0724. The molecule has 0 unspecified atom stereocenters. The van der Waals surface area contributed by atoms with Crippen LogP contribution in [0.15, 0.2) is 29.6 Å². The standard InChI is InChI=1S/C30H41N5O6S/c1-18(2)13-23(32-29(39)40-16-20-7-6-8-21(14-20)27(38)41-30(3,4)5)25(36)33-34-26(37)24-17-42-28(31-24)35(22-11-12-22)15-19-9-10-19/h6-8,14,17-19,22-23H,9-13,15-16H2,1-5H3,(H,32,39)(H,33,36)(H,34,37)/t23-/m0/s1. The first-order valence-corrected chi connectivity index (χ1v) is 15.3. The second-order valence-electron chi connectivity index (χ2n) is 12.4. The number of carbonyl (C=O) groups excluding carboxylic acids is 4. The maximum atomic E-state index is 12.9. The molecule has 1 heterocycles. The third kappa shape index (κ3) is 9.71. The van der Waals surface area contributed by atoms with E-state index >= 15 is 0 Å². The Hall–Kier alpha value is -3.67. The van der Waals surface area contributed by atoms with Gasteiger partial charge in [0.2, 0.25) is 0 Å². The van der Waals surface area contributed by atoms with Crippen LogP contribution in [0.25, 0.3) is 0 Å². The molecule has 3 N–H and O–H groups in total. The summed E-state index contributed by atoms with van der Waals surface area (Å²) < 4.78 is 10.7. The van der Waals surface area contributed by atoms with Crippen molar-refractivity contribution in [3.63, 3.8) is 0 Å². The number of ether oxygens (including phenoxy) is 2. The molecule has 0 spiro atoms. The van der Waals surface area contributed by atoms with Crippen LogP contribution in [0.5, 0.6) is 0 Å². The number of aromatic nitrogens is 1. The van der Waals surface area contributed by atoms with Crippen molar-refractivity contribution in [2.75, 3.05) is 11.4 Å². The number of hydrogen-bond acceptors (Lipinski definition) is 9. The Morgan fingerprint density at radius 3 is 2.48 bits per heavy atom. The molecule has 2 saturated carbocycles. The second kappa shape index (κ2) is 13.5. The van der Waals surface area contributed by atoms with E-state index in [0.29, 0.717) is 29.5 Å². The van der Waals surface area contributed by atoms with Gasteiger partial charge in [-0.2, -0.15) is 0 Å². The number of alkyl carbamates (subject to hydrolysis) is 1. The van der Waals surface area contributed by atoms with E-state index in [1.807, 2.05) is 13.8 Å². The van der Waals surface area contributed by atoms with Gasteiger partial charge in [0.1, 0.15) is 23.9 Å². The Kier molecular flexibility index (Phi) is 10.1. The lowest BCUT2D eigenvalue weighted by Gasteiger charge is -2.21. The molecule has 0 radical (unpaired) electrons. The summed E-state index contributed by atoms with van der Waals surface area (Å²) >= 11 is 1.43. The van der Waals surface area contributed by atoms with Crippen LogP contribution in [0.3, 0.4) is 0 Å². The molecule has 42 heavy (non-hydrogen) atoms. The molecular weight excluding hydrogens is 558 g/mol. The number of amides is 3. The van der Waals surface area contributed by atoms with Gasteiger partial charge in [-0.25, -0.2) is 14.6 Å². The fourth-order valence-corrected chi connectivity index (χ4v) is 5.17. The predicted molar refractivity (Wildman–Crippen MR) is 159 cm³/mol. The Labute approximate surface area is 250 Å². The first-order chi connectivity index (χ1) is 19.9. The maximum absolute atomic E-state index is 12.9. The molecule has 12 heteroatoms. The minimum atomic E-state index is -0.944. The summed E-state index contributed by atoms with van der Waals surface area (Å²) in [5.41, 5.74) is 5.36. The average Bonchev–Trinajstić information content (AvgIpc) is 3.86. The molecule has 1 atom stereocenters. The fourth-order valence-electron chi connectivity index (χ4n) is 4.28. The number of carbonyl (C=O) groups is 4. The van der Waals surface area contributed by atoms with Crippen molar-refractivity contribution in [2.24, 2.45) is 11.8 Å². The van der Waals surface area contributed by atoms with E-state index in [1.165, 1.54) is 24.2 Å². The van der Waals surface area contributed by atoms with Gasteiger partial charge < -0.3 is 19.7 Å². The molecule has 1 aromatic heterocycles.